The molecule has 12 rings (SSSR count). The topological polar surface area (TPSA) is 117 Å². The van der Waals surface area contributed by atoms with Gasteiger partial charge >= 0.3 is 0 Å². The van der Waals surface area contributed by atoms with Gasteiger partial charge in [0.2, 0.25) is 11.8 Å². The summed E-state index contributed by atoms with van der Waals surface area (Å²) in [5, 5.41) is 3.39. The first-order chi connectivity index (χ1) is 29.7. The minimum Gasteiger partial charge on any atom is -0.492 e. The molecular formula is C49H53ClN6O5. The molecule has 3 saturated heterocycles. The third-order valence-electron chi connectivity index (χ3n) is 16.5. The van der Waals surface area contributed by atoms with Crippen molar-refractivity contribution in [2.75, 3.05) is 39.3 Å². The third-order valence-corrected chi connectivity index (χ3v) is 16.8. The van der Waals surface area contributed by atoms with Gasteiger partial charge in [-0.05, 0) is 118 Å². The molecule has 0 radical (unpaired) electrons. The van der Waals surface area contributed by atoms with Crippen LogP contribution in [0.5, 0.6) is 5.75 Å². The number of rotatable bonds is 5. The van der Waals surface area contributed by atoms with E-state index in [2.05, 4.69) is 43.9 Å². The molecule has 7 heterocycles. The summed E-state index contributed by atoms with van der Waals surface area (Å²) in [6.07, 6.45) is 13.2. The van der Waals surface area contributed by atoms with Crippen LogP contribution in [0, 0.1) is 5.92 Å². The molecule has 1 N–H and O–H groups in total. The van der Waals surface area contributed by atoms with Crippen molar-refractivity contribution in [3.63, 3.8) is 0 Å². The Morgan fingerprint density at radius 2 is 1.67 bits per heavy atom. The third kappa shape index (κ3) is 5.85. The first-order valence-corrected chi connectivity index (χ1v) is 23.3. The van der Waals surface area contributed by atoms with Crippen LogP contribution in [-0.2, 0) is 27.0 Å². The van der Waals surface area contributed by atoms with Crippen LogP contribution in [-0.4, -0.2) is 93.4 Å². The van der Waals surface area contributed by atoms with Crippen molar-refractivity contribution in [3.8, 4) is 11.4 Å². The van der Waals surface area contributed by atoms with Crippen LogP contribution >= 0.6 is 11.6 Å². The molecular weight excluding hydrogens is 788 g/mol. The Balaban J connectivity index is 0.663. The number of carbonyl (C=O) groups excluding carboxylic acids is 3. The Labute approximate surface area is 360 Å². The molecule has 2 aliphatic carbocycles. The fourth-order valence-electron chi connectivity index (χ4n) is 13.2. The number of likely N-dealkylation sites (tertiary alicyclic amines) is 2. The highest BCUT2D eigenvalue weighted by Crippen LogP contribution is 2.53. The minimum absolute atomic E-state index is 0.0328. The Hall–Kier alpha value is -4.58. The number of fused-ring (bicyclic) bond motifs is 11. The van der Waals surface area contributed by atoms with Crippen molar-refractivity contribution in [3.05, 3.63) is 97.5 Å². The number of halogens is 1. The van der Waals surface area contributed by atoms with Gasteiger partial charge in [0, 0.05) is 54.2 Å². The normalized spacial score (nSPS) is 26.9. The van der Waals surface area contributed by atoms with E-state index in [1.165, 1.54) is 67.6 Å². The zero-order valence-corrected chi connectivity index (χ0v) is 35.5. The highest BCUT2D eigenvalue weighted by molar-refractivity contribution is 6.35. The Kier molecular flexibility index (Phi) is 8.89. The fraction of sp³-hybridized carbons (Fsp3) is 0.531. The highest BCUT2D eigenvalue weighted by Gasteiger charge is 2.49. The maximum atomic E-state index is 13.4. The average Bonchev–Trinajstić information content (AvgIpc) is 3.87. The molecule has 8 aliphatic rings. The van der Waals surface area contributed by atoms with Gasteiger partial charge in [0.05, 0.1) is 40.2 Å². The van der Waals surface area contributed by atoms with Crippen LogP contribution in [0.15, 0.2) is 53.3 Å². The van der Waals surface area contributed by atoms with Crippen molar-refractivity contribution in [1.82, 2.24) is 29.6 Å². The predicted molar refractivity (Wildman–Crippen MR) is 232 cm³/mol. The van der Waals surface area contributed by atoms with E-state index < -0.39 is 6.04 Å². The molecule has 61 heavy (non-hydrogen) atoms. The van der Waals surface area contributed by atoms with E-state index in [-0.39, 0.29) is 40.5 Å². The first-order valence-electron chi connectivity index (χ1n) is 23.0. The average molecular weight is 841 g/mol. The van der Waals surface area contributed by atoms with Crippen molar-refractivity contribution < 1.29 is 19.1 Å². The molecule has 2 spiro atoms. The molecule has 12 heteroatoms. The molecule has 1 atom stereocenters. The van der Waals surface area contributed by atoms with Crippen molar-refractivity contribution in [2.45, 2.75) is 119 Å². The molecule has 3 amide bonds. The lowest BCUT2D eigenvalue weighted by Crippen LogP contribution is -2.57. The van der Waals surface area contributed by atoms with Crippen LogP contribution in [0.2, 0.25) is 5.02 Å². The second kappa shape index (κ2) is 14.2. The zero-order valence-electron chi connectivity index (χ0n) is 34.7. The summed E-state index contributed by atoms with van der Waals surface area (Å²) in [5.41, 5.74) is 7.16. The molecule has 3 aromatic carbocycles. The number of hydrogen-bond acceptors (Lipinski definition) is 8. The molecule has 1 aromatic heterocycles. The van der Waals surface area contributed by atoms with Gasteiger partial charge in [-0.3, -0.25) is 34.0 Å². The SMILES string of the molecule is O=C1CC[C@@H](N2Cc3c(ccc4c3OCC43CCN(CC4CN(C5CCC(c6ccc7c(c6)C6(CCCCC6)c6nc(=O)c8c(Cl)cccc8n6-7)CC5)C4)CC3)C2=O)C(=O)N1. The summed E-state index contributed by atoms with van der Waals surface area (Å²) in [7, 11) is 0. The second-order valence-electron chi connectivity index (χ2n) is 19.7. The predicted octanol–water partition coefficient (Wildman–Crippen LogP) is 6.75. The lowest BCUT2D eigenvalue weighted by Gasteiger charge is -2.49. The Morgan fingerprint density at radius 1 is 0.869 bits per heavy atom. The van der Waals surface area contributed by atoms with Crippen molar-refractivity contribution in [1.29, 1.82) is 0 Å². The van der Waals surface area contributed by atoms with E-state index in [4.69, 9.17) is 21.3 Å². The molecule has 0 bridgehead atoms. The standard InChI is InChI=1S/C49H53ClN6O5/c50-37-5-4-6-39-42(37)45(59)52-47-49(17-2-1-3-18-49)36-23-31(9-14-38(36)56(39)47)30-7-10-32(11-8-30)54-25-29(26-54)24-53-21-19-48(20-22-53)28-61-43-34-27-55(40-15-16-41(57)51-44(40)58)46(60)33(34)12-13-35(43)48/h4-6,9,12-14,23,29-30,32,40H,1-3,7-8,10-11,15-22,24-28H2,(H,51,57,58)/t30?,32?,40-/m1/s1. The lowest BCUT2D eigenvalue weighted by atomic mass is 9.69. The van der Waals surface area contributed by atoms with Crippen LogP contribution in [0.3, 0.4) is 0 Å². The van der Waals surface area contributed by atoms with E-state index in [1.807, 2.05) is 18.2 Å². The molecule has 2 saturated carbocycles. The summed E-state index contributed by atoms with van der Waals surface area (Å²) in [5.74, 6) is 2.23. The van der Waals surface area contributed by atoms with Crippen molar-refractivity contribution in [2.24, 2.45) is 5.92 Å². The molecule has 6 aliphatic heterocycles. The summed E-state index contributed by atoms with van der Waals surface area (Å²) in [4.78, 5) is 63.0. The van der Waals surface area contributed by atoms with Gasteiger partial charge in [-0.15, -0.1) is 0 Å². The summed E-state index contributed by atoms with van der Waals surface area (Å²) < 4.78 is 8.69. The largest absolute Gasteiger partial charge is 0.492 e. The number of amides is 3. The number of nitrogens with zero attached hydrogens (tertiary/aromatic N) is 5. The number of carbonyl (C=O) groups is 3. The monoisotopic (exact) mass is 840 g/mol. The van der Waals surface area contributed by atoms with E-state index in [0.29, 0.717) is 53.4 Å². The van der Waals surface area contributed by atoms with E-state index in [0.717, 1.165) is 80.8 Å². The van der Waals surface area contributed by atoms with Gasteiger partial charge in [0.25, 0.3) is 11.5 Å². The van der Waals surface area contributed by atoms with Crippen LogP contribution < -0.4 is 15.6 Å². The zero-order chi connectivity index (χ0) is 41.2. The number of benzene rings is 3. The van der Waals surface area contributed by atoms with Gasteiger partial charge in [-0.25, -0.2) is 0 Å². The molecule has 11 nitrogen and oxygen atoms in total. The van der Waals surface area contributed by atoms with E-state index in [9.17, 15) is 19.2 Å². The molecule has 0 unspecified atom stereocenters. The number of aromatic nitrogens is 2. The molecule has 4 aromatic rings. The quantitative estimate of drug-likeness (QED) is 0.220. The van der Waals surface area contributed by atoms with Crippen LogP contribution in [0.4, 0.5) is 0 Å². The lowest BCUT2D eigenvalue weighted by molar-refractivity contribution is -0.136. The van der Waals surface area contributed by atoms with Gasteiger partial charge < -0.3 is 14.5 Å². The van der Waals surface area contributed by atoms with Crippen molar-refractivity contribution >= 4 is 40.2 Å². The highest BCUT2D eigenvalue weighted by atomic mass is 35.5. The van der Waals surface area contributed by atoms with Gasteiger partial charge in [-0.1, -0.05) is 55.1 Å². The maximum absolute atomic E-state index is 13.4. The summed E-state index contributed by atoms with van der Waals surface area (Å²) >= 11 is 6.59. The minimum atomic E-state index is -0.620. The Bertz CT molecular complexity index is 2580. The first kappa shape index (κ1) is 38.1. The maximum Gasteiger partial charge on any atom is 0.282 e. The van der Waals surface area contributed by atoms with E-state index >= 15 is 0 Å². The van der Waals surface area contributed by atoms with Crippen LogP contribution in [0.25, 0.3) is 16.6 Å². The smallest absolute Gasteiger partial charge is 0.282 e. The number of ether oxygens (including phenoxy) is 1. The number of imide groups is 1. The Morgan fingerprint density at radius 3 is 2.46 bits per heavy atom. The summed E-state index contributed by atoms with van der Waals surface area (Å²) in [6, 6.07) is 17.0. The fourth-order valence-corrected chi connectivity index (χ4v) is 13.4. The molecule has 316 valence electrons. The number of nitrogens with one attached hydrogen (secondary N) is 1. The summed E-state index contributed by atoms with van der Waals surface area (Å²) in [6.45, 7) is 6.62. The van der Waals surface area contributed by atoms with Crippen LogP contribution in [0.1, 0.15) is 128 Å². The van der Waals surface area contributed by atoms with E-state index in [1.54, 1.807) is 11.0 Å². The van der Waals surface area contributed by atoms with Gasteiger partial charge in [0.1, 0.15) is 17.6 Å². The van der Waals surface area contributed by atoms with Gasteiger partial charge in [-0.2, -0.15) is 4.98 Å². The second-order valence-corrected chi connectivity index (χ2v) is 20.1. The number of piperidine rings is 2. The number of hydrogen-bond donors (Lipinski definition) is 1. The van der Waals surface area contributed by atoms with Gasteiger partial charge in [0.15, 0.2) is 0 Å². The molecule has 5 fully saturated rings.